The molecule has 0 saturated heterocycles. The molecule has 0 aliphatic heterocycles. The maximum Gasteiger partial charge on any atom is 0.314 e. The molecule has 0 aliphatic carbocycles. The molecule has 4 heteroatoms. The fourth-order valence-corrected chi connectivity index (χ4v) is 2.18. The van der Waals surface area contributed by atoms with E-state index >= 15 is 0 Å². The number of fused-ring (bicyclic) bond motifs is 1. The lowest BCUT2D eigenvalue weighted by Gasteiger charge is -2.12. The predicted octanol–water partition coefficient (Wildman–Crippen LogP) is 2.38. The minimum Gasteiger partial charge on any atom is -0.453 e. The molecule has 0 aromatic heterocycles. The van der Waals surface area contributed by atoms with Crippen molar-refractivity contribution in [3.63, 3.8) is 0 Å². The first-order chi connectivity index (χ1) is 10.1. The molecule has 1 atom stereocenters. The summed E-state index contributed by atoms with van der Waals surface area (Å²) < 4.78 is 4.98. The Balaban J connectivity index is 2.15. The second-order valence-corrected chi connectivity index (χ2v) is 4.82. The average Bonchev–Trinajstić information content (AvgIpc) is 2.46. The van der Waals surface area contributed by atoms with Crippen molar-refractivity contribution >= 4 is 28.8 Å². The zero-order valence-corrected chi connectivity index (χ0v) is 11.7. The second-order valence-electron chi connectivity index (χ2n) is 4.82. The number of benzene rings is 2. The van der Waals surface area contributed by atoms with Crippen molar-refractivity contribution < 1.29 is 19.1 Å². The summed E-state index contributed by atoms with van der Waals surface area (Å²) >= 11 is 0. The number of esters is 1. The first-order valence-electron chi connectivity index (χ1n) is 6.63. The molecule has 0 amide bonds. The van der Waals surface area contributed by atoms with Crippen molar-refractivity contribution in [2.24, 2.45) is 0 Å². The van der Waals surface area contributed by atoms with Crippen molar-refractivity contribution in [1.29, 1.82) is 0 Å². The number of hydrogen-bond donors (Lipinski definition) is 0. The van der Waals surface area contributed by atoms with Crippen LogP contribution in [0.25, 0.3) is 10.8 Å². The molecule has 1 radical (unpaired) electrons. The highest BCUT2D eigenvalue weighted by Crippen LogP contribution is 2.20. The molecule has 0 saturated carbocycles. The smallest absolute Gasteiger partial charge is 0.314 e. The normalized spacial score (nSPS) is 11.9. The molecule has 2 aromatic carbocycles. The van der Waals surface area contributed by atoms with Crippen LogP contribution in [0.15, 0.2) is 42.5 Å². The van der Waals surface area contributed by atoms with Gasteiger partial charge in [-0.3, -0.25) is 14.4 Å². The van der Waals surface area contributed by atoms with Gasteiger partial charge in [0.2, 0.25) is 6.29 Å². The highest BCUT2D eigenvalue weighted by molar-refractivity contribution is 5.94. The lowest BCUT2D eigenvalue weighted by molar-refractivity contribution is -0.147. The van der Waals surface area contributed by atoms with E-state index in [4.69, 9.17) is 4.74 Å². The Morgan fingerprint density at radius 3 is 2.57 bits per heavy atom. The van der Waals surface area contributed by atoms with Crippen LogP contribution in [-0.4, -0.2) is 24.1 Å². The third kappa shape index (κ3) is 3.99. The minimum absolute atomic E-state index is 0.245. The average molecular weight is 283 g/mol. The standard InChI is InChI=1S/C17H15O4/c1-12(19)9-17(20)21-15(11-18)10-14-7-4-6-13-5-2-3-8-16(13)14/h2-8,15H,9-10H2,1H3. The van der Waals surface area contributed by atoms with Gasteiger partial charge in [0.05, 0.1) is 0 Å². The monoisotopic (exact) mass is 283 g/mol. The van der Waals surface area contributed by atoms with Crippen LogP contribution in [0.5, 0.6) is 0 Å². The van der Waals surface area contributed by atoms with E-state index in [0.29, 0.717) is 0 Å². The number of ether oxygens (including phenoxy) is 1. The maximum atomic E-state index is 11.5. The lowest BCUT2D eigenvalue weighted by Crippen LogP contribution is -2.23. The second kappa shape index (κ2) is 6.79. The summed E-state index contributed by atoms with van der Waals surface area (Å²) in [5.74, 6) is -0.995. The largest absolute Gasteiger partial charge is 0.453 e. The van der Waals surface area contributed by atoms with E-state index in [2.05, 4.69) is 0 Å². The summed E-state index contributed by atoms with van der Waals surface area (Å²) in [6.45, 7) is 1.30. The van der Waals surface area contributed by atoms with E-state index in [9.17, 15) is 14.4 Å². The van der Waals surface area contributed by atoms with Crippen LogP contribution < -0.4 is 0 Å². The van der Waals surface area contributed by atoms with E-state index in [-0.39, 0.29) is 18.6 Å². The van der Waals surface area contributed by atoms with E-state index in [0.717, 1.165) is 16.3 Å². The number of hydrogen-bond acceptors (Lipinski definition) is 4. The van der Waals surface area contributed by atoms with Gasteiger partial charge in [-0.15, -0.1) is 0 Å². The molecular weight excluding hydrogens is 268 g/mol. The summed E-state index contributed by atoms with van der Waals surface area (Å²) in [6.07, 6.45) is 0.636. The van der Waals surface area contributed by atoms with Gasteiger partial charge in [0.1, 0.15) is 12.2 Å². The van der Waals surface area contributed by atoms with Crippen molar-refractivity contribution in [2.75, 3.05) is 0 Å². The van der Waals surface area contributed by atoms with Gasteiger partial charge in [0, 0.05) is 6.42 Å². The molecule has 21 heavy (non-hydrogen) atoms. The Hall–Kier alpha value is -2.49. The molecule has 1 unspecified atom stereocenters. The molecule has 2 rings (SSSR count). The van der Waals surface area contributed by atoms with Crippen LogP contribution in [0.3, 0.4) is 0 Å². The van der Waals surface area contributed by atoms with E-state index in [1.54, 1.807) is 6.29 Å². The highest BCUT2D eigenvalue weighted by Gasteiger charge is 2.17. The van der Waals surface area contributed by atoms with Crippen molar-refractivity contribution in [1.82, 2.24) is 0 Å². The van der Waals surface area contributed by atoms with Crippen LogP contribution in [-0.2, 0) is 25.5 Å². The third-order valence-corrected chi connectivity index (χ3v) is 3.08. The highest BCUT2D eigenvalue weighted by atomic mass is 16.5. The van der Waals surface area contributed by atoms with Gasteiger partial charge in [-0.05, 0) is 23.3 Å². The fourth-order valence-electron chi connectivity index (χ4n) is 2.18. The lowest BCUT2D eigenvalue weighted by atomic mass is 10.0. The number of ketones is 1. The van der Waals surface area contributed by atoms with E-state index in [1.807, 2.05) is 42.5 Å². The summed E-state index contributed by atoms with van der Waals surface area (Å²) in [6, 6.07) is 13.5. The molecule has 0 N–H and O–H groups in total. The van der Waals surface area contributed by atoms with Crippen molar-refractivity contribution in [3.05, 3.63) is 48.0 Å². The SMILES string of the molecule is CC(=O)CC(=O)OC([C]=O)Cc1cccc2ccccc12. The number of Topliss-reactive ketones (excluding diaryl/α,β-unsaturated/α-hetero) is 1. The molecule has 0 heterocycles. The van der Waals surface area contributed by atoms with Crippen molar-refractivity contribution in [2.45, 2.75) is 25.9 Å². The Labute approximate surface area is 122 Å². The van der Waals surface area contributed by atoms with Crippen LogP contribution in [0.4, 0.5) is 0 Å². The quantitative estimate of drug-likeness (QED) is 0.603. The molecular formula is C17H15O4. The van der Waals surface area contributed by atoms with Crippen LogP contribution in [0.2, 0.25) is 0 Å². The Morgan fingerprint density at radius 2 is 1.86 bits per heavy atom. The van der Waals surface area contributed by atoms with Gasteiger partial charge in [0.25, 0.3) is 0 Å². The molecule has 2 aromatic rings. The number of carbonyl (C=O) groups is 2. The summed E-state index contributed by atoms with van der Waals surface area (Å²) in [4.78, 5) is 33.3. The van der Waals surface area contributed by atoms with Crippen molar-refractivity contribution in [3.8, 4) is 0 Å². The van der Waals surface area contributed by atoms with E-state index < -0.39 is 12.1 Å². The van der Waals surface area contributed by atoms with E-state index in [1.165, 1.54) is 6.92 Å². The molecule has 4 nitrogen and oxygen atoms in total. The first-order valence-corrected chi connectivity index (χ1v) is 6.63. The topological polar surface area (TPSA) is 60.4 Å². The van der Waals surface area contributed by atoms with Gasteiger partial charge in [-0.1, -0.05) is 42.5 Å². The van der Waals surface area contributed by atoms with Gasteiger partial charge in [-0.2, -0.15) is 0 Å². The van der Waals surface area contributed by atoms with Crippen LogP contribution in [0, 0.1) is 0 Å². The first kappa shape index (κ1) is 14.9. The molecule has 0 spiro atoms. The van der Waals surface area contributed by atoms with Gasteiger partial charge in [-0.25, -0.2) is 0 Å². The predicted molar refractivity (Wildman–Crippen MR) is 78.5 cm³/mol. The third-order valence-electron chi connectivity index (χ3n) is 3.08. The number of rotatable bonds is 6. The zero-order valence-electron chi connectivity index (χ0n) is 11.7. The van der Waals surface area contributed by atoms with Crippen LogP contribution >= 0.6 is 0 Å². The van der Waals surface area contributed by atoms with Gasteiger partial charge < -0.3 is 4.74 Å². The summed E-state index contributed by atoms with van der Waals surface area (Å²) in [5.41, 5.74) is 0.900. The maximum absolute atomic E-state index is 11.5. The van der Waals surface area contributed by atoms with Gasteiger partial charge in [0.15, 0.2) is 6.10 Å². The Morgan fingerprint density at radius 1 is 1.14 bits per heavy atom. The zero-order chi connectivity index (χ0) is 15.2. The fraction of sp³-hybridized carbons (Fsp3) is 0.235. The molecule has 0 aliphatic rings. The molecule has 0 fully saturated rings. The van der Waals surface area contributed by atoms with Crippen LogP contribution in [0.1, 0.15) is 18.9 Å². The summed E-state index contributed by atoms with van der Waals surface area (Å²) in [5, 5.41) is 2.05. The Bertz CT molecular complexity index is 670. The molecule has 0 bridgehead atoms. The minimum atomic E-state index is -0.998. The summed E-state index contributed by atoms with van der Waals surface area (Å²) in [7, 11) is 0. The Kier molecular flexibility index (Phi) is 4.82. The molecule has 107 valence electrons. The van der Waals surface area contributed by atoms with Gasteiger partial charge >= 0.3 is 5.97 Å². The number of carbonyl (C=O) groups excluding carboxylic acids is 3.